The molecule has 0 amide bonds. The average molecular weight is 254 g/mol. The summed E-state index contributed by atoms with van der Waals surface area (Å²) in [5.74, 6) is -1.67. The summed E-state index contributed by atoms with van der Waals surface area (Å²) in [7, 11) is 0. The zero-order chi connectivity index (χ0) is 11.9. The van der Waals surface area contributed by atoms with Crippen molar-refractivity contribution in [2.24, 2.45) is 0 Å². The quantitative estimate of drug-likeness (QED) is 0.720. The summed E-state index contributed by atoms with van der Waals surface area (Å²) in [4.78, 5) is 0. The zero-order valence-electron chi connectivity index (χ0n) is 6.45. The van der Waals surface area contributed by atoms with Gasteiger partial charge in [0, 0.05) is 0 Å². The number of aromatic nitrogens is 2. The highest BCUT2D eigenvalue weighted by atomic mass is 35.5. The monoisotopic (exact) mass is 253 g/mol. The molecular weight excluding hydrogens is 254 g/mol. The van der Waals surface area contributed by atoms with Gasteiger partial charge in [-0.1, -0.05) is 11.6 Å². The molecule has 0 atom stereocenters. The SMILES string of the molecule is FC(F)(F)Oc1c(Cl)[c]nn1C(F)(F)F. The molecule has 1 rings (SSSR count). The van der Waals surface area contributed by atoms with Crippen molar-refractivity contribution in [2.45, 2.75) is 12.7 Å². The molecule has 10 heteroatoms. The van der Waals surface area contributed by atoms with Gasteiger partial charge in [-0.25, -0.2) is 0 Å². The van der Waals surface area contributed by atoms with Gasteiger partial charge < -0.3 is 4.74 Å². The van der Waals surface area contributed by atoms with E-state index in [4.69, 9.17) is 11.6 Å². The lowest BCUT2D eigenvalue weighted by Gasteiger charge is -2.12. The molecule has 0 N–H and O–H groups in total. The molecule has 0 fully saturated rings. The van der Waals surface area contributed by atoms with Crippen molar-refractivity contribution in [3.63, 3.8) is 0 Å². The molecule has 0 unspecified atom stereocenters. The van der Waals surface area contributed by atoms with Crippen LogP contribution in [0.2, 0.25) is 5.02 Å². The second-order valence-corrected chi connectivity index (χ2v) is 2.54. The van der Waals surface area contributed by atoms with Crippen molar-refractivity contribution in [1.82, 2.24) is 9.78 Å². The number of halogens is 7. The first-order valence-electron chi connectivity index (χ1n) is 3.10. The van der Waals surface area contributed by atoms with Gasteiger partial charge in [-0.15, -0.1) is 31.0 Å². The Morgan fingerprint density at radius 2 is 1.73 bits per heavy atom. The summed E-state index contributed by atoms with van der Waals surface area (Å²) < 4.78 is 73.1. The van der Waals surface area contributed by atoms with E-state index in [1.807, 2.05) is 0 Å². The third-order valence-electron chi connectivity index (χ3n) is 1.08. The van der Waals surface area contributed by atoms with E-state index in [1.165, 1.54) is 6.20 Å². The third kappa shape index (κ3) is 2.91. The molecule has 0 aliphatic carbocycles. The Balaban J connectivity index is 3.11. The highest BCUT2D eigenvalue weighted by molar-refractivity contribution is 6.31. The topological polar surface area (TPSA) is 27.1 Å². The fourth-order valence-corrected chi connectivity index (χ4v) is 0.806. The number of alkyl halides is 6. The van der Waals surface area contributed by atoms with Gasteiger partial charge in [0.25, 0.3) is 0 Å². The summed E-state index contributed by atoms with van der Waals surface area (Å²) in [6.07, 6.45) is -8.95. The van der Waals surface area contributed by atoms with Crippen LogP contribution in [0.15, 0.2) is 0 Å². The van der Waals surface area contributed by atoms with Crippen LogP contribution in [0.5, 0.6) is 5.88 Å². The largest absolute Gasteiger partial charge is 0.574 e. The van der Waals surface area contributed by atoms with Crippen LogP contribution in [0.1, 0.15) is 0 Å². The molecule has 15 heavy (non-hydrogen) atoms. The maximum absolute atomic E-state index is 12.0. The van der Waals surface area contributed by atoms with Crippen molar-refractivity contribution in [3.8, 4) is 5.88 Å². The Labute approximate surface area is 83.2 Å². The van der Waals surface area contributed by atoms with Crippen molar-refractivity contribution in [3.05, 3.63) is 11.2 Å². The summed E-state index contributed by atoms with van der Waals surface area (Å²) in [6, 6.07) is 0. The molecule has 3 nitrogen and oxygen atoms in total. The van der Waals surface area contributed by atoms with E-state index in [9.17, 15) is 26.3 Å². The second-order valence-electron chi connectivity index (χ2n) is 2.16. The summed E-state index contributed by atoms with van der Waals surface area (Å²) in [5, 5.41) is 1.47. The van der Waals surface area contributed by atoms with Gasteiger partial charge in [0.05, 0.1) is 0 Å². The normalized spacial score (nSPS) is 13.0. The lowest BCUT2D eigenvalue weighted by atomic mass is 10.7. The van der Waals surface area contributed by atoms with E-state index in [1.54, 1.807) is 0 Å². The van der Waals surface area contributed by atoms with Crippen LogP contribution in [-0.4, -0.2) is 16.1 Å². The number of hydrogen-bond donors (Lipinski definition) is 0. The summed E-state index contributed by atoms with van der Waals surface area (Å²) in [5.41, 5.74) is 0. The molecule has 1 heterocycles. The molecule has 0 aliphatic heterocycles. The minimum atomic E-state index is -5.29. The van der Waals surface area contributed by atoms with Crippen LogP contribution in [-0.2, 0) is 6.30 Å². The van der Waals surface area contributed by atoms with E-state index in [0.29, 0.717) is 0 Å². The highest BCUT2D eigenvalue weighted by Crippen LogP contribution is 2.35. The molecule has 1 radical (unpaired) electrons. The molecule has 85 valence electrons. The van der Waals surface area contributed by atoms with Gasteiger partial charge in [-0.3, -0.25) is 0 Å². The highest BCUT2D eigenvalue weighted by Gasteiger charge is 2.41. The molecule has 0 spiro atoms. The van der Waals surface area contributed by atoms with Gasteiger partial charge in [-0.05, 0) is 0 Å². The lowest BCUT2D eigenvalue weighted by molar-refractivity contribution is -0.285. The number of nitrogens with zero attached hydrogens (tertiary/aromatic N) is 2. The zero-order valence-corrected chi connectivity index (χ0v) is 7.20. The van der Waals surface area contributed by atoms with Gasteiger partial charge in [-0.2, -0.15) is 5.10 Å². The number of hydrogen-bond acceptors (Lipinski definition) is 2. The molecule has 1 aromatic rings. The van der Waals surface area contributed by atoms with Crippen LogP contribution in [0.3, 0.4) is 0 Å². The second kappa shape index (κ2) is 3.47. The summed E-state index contributed by atoms with van der Waals surface area (Å²) >= 11 is 4.99. The molecule has 0 aromatic carbocycles. The van der Waals surface area contributed by atoms with E-state index in [0.717, 1.165) is 0 Å². The van der Waals surface area contributed by atoms with E-state index in [-0.39, 0.29) is 0 Å². The van der Waals surface area contributed by atoms with E-state index >= 15 is 0 Å². The minimum Gasteiger partial charge on any atom is -0.386 e. The lowest BCUT2D eigenvalue weighted by Crippen LogP contribution is -2.25. The van der Waals surface area contributed by atoms with Crippen LogP contribution >= 0.6 is 11.6 Å². The van der Waals surface area contributed by atoms with Crippen LogP contribution in [0.4, 0.5) is 26.3 Å². The van der Waals surface area contributed by atoms with Gasteiger partial charge in [0.2, 0.25) is 5.88 Å². The van der Waals surface area contributed by atoms with E-state index < -0.39 is 28.2 Å². The first-order valence-corrected chi connectivity index (χ1v) is 3.48. The van der Waals surface area contributed by atoms with E-state index in [2.05, 4.69) is 9.84 Å². The Morgan fingerprint density at radius 3 is 2.13 bits per heavy atom. The first kappa shape index (κ1) is 12.0. The maximum atomic E-state index is 12.0. The fraction of sp³-hybridized carbons (Fsp3) is 0.400. The molecule has 0 saturated heterocycles. The maximum Gasteiger partial charge on any atom is 0.574 e. The fourth-order valence-electron chi connectivity index (χ4n) is 0.650. The predicted octanol–water partition coefficient (Wildman–Crippen LogP) is 2.71. The Hall–Kier alpha value is -1.12. The molecule has 0 saturated carbocycles. The Morgan fingerprint density at radius 1 is 1.20 bits per heavy atom. The molecule has 0 aliphatic rings. The number of ether oxygens (including phenoxy) is 1. The molecule has 0 bridgehead atoms. The van der Waals surface area contributed by atoms with Crippen molar-refractivity contribution >= 4 is 11.6 Å². The van der Waals surface area contributed by atoms with Gasteiger partial charge >= 0.3 is 12.7 Å². The first-order chi connectivity index (χ1) is 6.61. The van der Waals surface area contributed by atoms with Crippen molar-refractivity contribution < 1.29 is 31.1 Å². The average Bonchev–Trinajstić information content (AvgIpc) is 2.28. The number of rotatable bonds is 1. The molecule has 1 aromatic heterocycles. The predicted molar refractivity (Wildman–Crippen MR) is 34.1 cm³/mol. The minimum absolute atomic E-state index is 0.969. The van der Waals surface area contributed by atoms with Crippen molar-refractivity contribution in [1.29, 1.82) is 0 Å². The van der Waals surface area contributed by atoms with Crippen LogP contribution < -0.4 is 4.74 Å². The third-order valence-corrected chi connectivity index (χ3v) is 1.33. The Bertz CT molecular complexity index is 355. The Kier molecular flexibility index (Phi) is 2.77. The van der Waals surface area contributed by atoms with Gasteiger partial charge in [0.1, 0.15) is 11.2 Å². The van der Waals surface area contributed by atoms with Crippen LogP contribution in [0, 0.1) is 6.20 Å². The smallest absolute Gasteiger partial charge is 0.386 e. The standard InChI is InChI=1S/C5ClF6N2O/c6-2-1-13-14(4(7,8)9)3(2)15-5(10,11)12. The molecular formula is C5ClF6N2O. The van der Waals surface area contributed by atoms with Gasteiger partial charge in [0.15, 0.2) is 0 Å². The van der Waals surface area contributed by atoms with Crippen LogP contribution in [0.25, 0.3) is 0 Å². The van der Waals surface area contributed by atoms with Crippen molar-refractivity contribution in [2.75, 3.05) is 0 Å². The summed E-state index contributed by atoms with van der Waals surface area (Å²) in [6.45, 7) is 0.